The molecule has 0 bridgehead atoms. The zero-order valence-corrected chi connectivity index (χ0v) is 11.2. The Bertz CT molecular complexity index is 559. The summed E-state index contributed by atoms with van der Waals surface area (Å²) in [5.41, 5.74) is 0.705. The van der Waals surface area contributed by atoms with Crippen molar-refractivity contribution in [2.45, 2.75) is 0 Å². The molecule has 0 saturated heterocycles. The van der Waals surface area contributed by atoms with E-state index in [-0.39, 0.29) is 5.28 Å². The number of hydrogen-bond donors (Lipinski definition) is 1. The quantitative estimate of drug-likeness (QED) is 0.807. The molecule has 0 spiro atoms. The SMILES string of the molecule is Clc1ncc(Cl)c(Nc2ccc(Cl)c(Cl)c2)n1. The van der Waals surface area contributed by atoms with Crippen molar-refractivity contribution in [1.82, 2.24) is 9.97 Å². The first kappa shape index (κ1) is 12.7. The predicted molar refractivity (Wildman–Crippen MR) is 71.8 cm³/mol. The van der Waals surface area contributed by atoms with Crippen molar-refractivity contribution in [3.8, 4) is 0 Å². The van der Waals surface area contributed by atoms with Gasteiger partial charge >= 0.3 is 0 Å². The van der Waals surface area contributed by atoms with Crippen molar-refractivity contribution in [2.24, 2.45) is 0 Å². The number of aromatic nitrogens is 2. The maximum absolute atomic E-state index is 5.91. The van der Waals surface area contributed by atoms with Gasteiger partial charge in [0.2, 0.25) is 5.28 Å². The summed E-state index contributed by atoms with van der Waals surface area (Å²) in [4.78, 5) is 7.70. The van der Waals surface area contributed by atoms with Crippen LogP contribution < -0.4 is 5.32 Å². The lowest BCUT2D eigenvalue weighted by atomic mass is 10.3. The van der Waals surface area contributed by atoms with E-state index >= 15 is 0 Å². The van der Waals surface area contributed by atoms with E-state index in [4.69, 9.17) is 46.4 Å². The van der Waals surface area contributed by atoms with E-state index in [0.29, 0.717) is 26.6 Å². The van der Waals surface area contributed by atoms with Crippen LogP contribution in [0.15, 0.2) is 24.4 Å². The largest absolute Gasteiger partial charge is 0.339 e. The van der Waals surface area contributed by atoms with Gasteiger partial charge in [0.25, 0.3) is 0 Å². The van der Waals surface area contributed by atoms with Crippen molar-refractivity contribution < 1.29 is 0 Å². The lowest BCUT2D eigenvalue weighted by Gasteiger charge is -2.08. The first-order chi connectivity index (χ1) is 8.06. The molecule has 7 heteroatoms. The van der Waals surface area contributed by atoms with Gasteiger partial charge in [-0.05, 0) is 29.8 Å². The van der Waals surface area contributed by atoms with Gasteiger partial charge in [-0.1, -0.05) is 34.8 Å². The van der Waals surface area contributed by atoms with Crippen LogP contribution in [0.4, 0.5) is 11.5 Å². The number of nitrogens with zero attached hydrogens (tertiary/aromatic N) is 2. The molecule has 0 atom stereocenters. The molecule has 0 aliphatic carbocycles. The van der Waals surface area contributed by atoms with Crippen molar-refractivity contribution >= 4 is 57.9 Å². The molecule has 1 aromatic heterocycles. The second-order valence-electron chi connectivity index (χ2n) is 3.09. The minimum atomic E-state index is 0.108. The fourth-order valence-corrected chi connectivity index (χ4v) is 1.71. The highest BCUT2D eigenvalue weighted by molar-refractivity contribution is 6.42. The van der Waals surface area contributed by atoms with Gasteiger partial charge in [0, 0.05) is 5.69 Å². The minimum Gasteiger partial charge on any atom is -0.339 e. The topological polar surface area (TPSA) is 37.8 Å². The van der Waals surface area contributed by atoms with Crippen LogP contribution >= 0.6 is 46.4 Å². The minimum absolute atomic E-state index is 0.108. The van der Waals surface area contributed by atoms with Crippen LogP contribution in [-0.2, 0) is 0 Å². The molecule has 0 amide bonds. The van der Waals surface area contributed by atoms with E-state index in [0.717, 1.165) is 0 Å². The lowest BCUT2D eigenvalue weighted by molar-refractivity contribution is 1.17. The standard InChI is InChI=1S/C10H5Cl4N3/c11-6-2-1-5(3-7(6)12)16-9-8(13)4-15-10(14)17-9/h1-4H,(H,15,16,17). The molecule has 0 radical (unpaired) electrons. The monoisotopic (exact) mass is 307 g/mol. The average Bonchev–Trinajstić information content (AvgIpc) is 2.29. The van der Waals surface area contributed by atoms with Crippen molar-refractivity contribution in [2.75, 3.05) is 5.32 Å². The van der Waals surface area contributed by atoms with Crippen molar-refractivity contribution in [3.05, 3.63) is 44.7 Å². The smallest absolute Gasteiger partial charge is 0.224 e. The summed E-state index contributed by atoms with van der Waals surface area (Å²) in [5, 5.41) is 4.35. The van der Waals surface area contributed by atoms with Crippen LogP contribution in [0.25, 0.3) is 0 Å². The van der Waals surface area contributed by atoms with E-state index in [1.807, 2.05) is 0 Å². The van der Waals surface area contributed by atoms with Crippen LogP contribution in [0.2, 0.25) is 20.4 Å². The molecule has 0 aliphatic rings. The number of rotatable bonds is 2. The Hall–Kier alpha value is -0.740. The van der Waals surface area contributed by atoms with E-state index in [1.54, 1.807) is 18.2 Å². The zero-order chi connectivity index (χ0) is 12.4. The first-order valence-corrected chi connectivity index (χ1v) is 5.97. The second kappa shape index (κ2) is 5.27. The van der Waals surface area contributed by atoms with Crippen LogP contribution in [-0.4, -0.2) is 9.97 Å². The molecule has 2 aromatic rings. The van der Waals surface area contributed by atoms with Gasteiger partial charge in [0.15, 0.2) is 5.82 Å². The summed E-state index contributed by atoms with van der Waals surface area (Å²) in [7, 11) is 0. The van der Waals surface area contributed by atoms with Crippen LogP contribution in [0.3, 0.4) is 0 Å². The van der Waals surface area contributed by atoms with Crippen LogP contribution in [0, 0.1) is 0 Å². The van der Waals surface area contributed by atoms with Crippen molar-refractivity contribution in [1.29, 1.82) is 0 Å². The summed E-state index contributed by atoms with van der Waals surface area (Å²) < 4.78 is 0. The van der Waals surface area contributed by atoms with Crippen molar-refractivity contribution in [3.63, 3.8) is 0 Å². The first-order valence-electron chi connectivity index (χ1n) is 4.46. The summed E-state index contributed by atoms with van der Waals surface area (Å²) in [5.74, 6) is 0.407. The summed E-state index contributed by atoms with van der Waals surface area (Å²) in [6.07, 6.45) is 1.41. The molecule has 0 fully saturated rings. The third kappa shape index (κ3) is 3.13. The van der Waals surface area contributed by atoms with E-state index < -0.39 is 0 Å². The Labute approximate surface area is 118 Å². The third-order valence-electron chi connectivity index (χ3n) is 1.90. The molecule has 0 unspecified atom stereocenters. The Morgan fingerprint density at radius 1 is 0.941 bits per heavy atom. The molecule has 17 heavy (non-hydrogen) atoms. The molecule has 88 valence electrons. The average molecular weight is 309 g/mol. The van der Waals surface area contributed by atoms with E-state index in [1.165, 1.54) is 6.20 Å². The summed E-state index contributed by atoms with van der Waals surface area (Å²) >= 11 is 23.3. The van der Waals surface area contributed by atoms with Crippen LogP contribution in [0.5, 0.6) is 0 Å². The number of halogens is 4. The maximum atomic E-state index is 5.91. The number of nitrogens with one attached hydrogen (secondary N) is 1. The Balaban J connectivity index is 2.31. The normalized spacial score (nSPS) is 10.4. The highest BCUT2D eigenvalue weighted by atomic mass is 35.5. The van der Waals surface area contributed by atoms with Gasteiger partial charge in [-0.2, -0.15) is 4.98 Å². The fourth-order valence-electron chi connectivity index (χ4n) is 1.14. The lowest BCUT2D eigenvalue weighted by Crippen LogP contribution is -1.96. The van der Waals surface area contributed by atoms with Gasteiger partial charge in [-0.3, -0.25) is 0 Å². The second-order valence-corrected chi connectivity index (χ2v) is 4.65. The molecule has 1 N–H and O–H groups in total. The van der Waals surface area contributed by atoms with Gasteiger partial charge < -0.3 is 5.32 Å². The zero-order valence-electron chi connectivity index (χ0n) is 8.22. The Morgan fingerprint density at radius 2 is 1.71 bits per heavy atom. The predicted octanol–water partition coefficient (Wildman–Crippen LogP) is 4.83. The van der Waals surface area contributed by atoms with E-state index in [2.05, 4.69) is 15.3 Å². The molecular weight excluding hydrogens is 304 g/mol. The molecule has 3 nitrogen and oxygen atoms in total. The maximum Gasteiger partial charge on any atom is 0.224 e. The number of benzene rings is 1. The van der Waals surface area contributed by atoms with Gasteiger partial charge in [0.05, 0.1) is 16.2 Å². The number of anilines is 2. The Morgan fingerprint density at radius 3 is 2.41 bits per heavy atom. The highest BCUT2D eigenvalue weighted by Gasteiger charge is 2.06. The van der Waals surface area contributed by atoms with Gasteiger partial charge in [-0.15, -0.1) is 0 Å². The fraction of sp³-hybridized carbons (Fsp3) is 0. The van der Waals surface area contributed by atoms with E-state index in [9.17, 15) is 0 Å². The molecule has 1 aromatic carbocycles. The Kier molecular flexibility index (Phi) is 3.94. The molecule has 0 aliphatic heterocycles. The summed E-state index contributed by atoms with van der Waals surface area (Å²) in [6.45, 7) is 0. The third-order valence-corrected chi connectivity index (χ3v) is 3.09. The molecule has 1 heterocycles. The summed E-state index contributed by atoms with van der Waals surface area (Å²) in [6, 6.07) is 5.08. The van der Waals surface area contributed by atoms with Gasteiger partial charge in [-0.25, -0.2) is 4.98 Å². The van der Waals surface area contributed by atoms with Crippen LogP contribution in [0.1, 0.15) is 0 Å². The highest BCUT2D eigenvalue weighted by Crippen LogP contribution is 2.28. The number of hydrogen-bond acceptors (Lipinski definition) is 3. The molecule has 0 saturated carbocycles. The molecular formula is C10H5Cl4N3. The molecule has 2 rings (SSSR count). The van der Waals surface area contributed by atoms with Gasteiger partial charge in [0.1, 0.15) is 5.02 Å².